The SMILES string of the molecule is CCCC[C@@H](C(=O)O)N(C)C(=O)[C@H](CCCN(C(=O)OCc1ccccc1)/C(N)=N\C(=O)OCc1ccccc1)NC(=O)OCc1ccccc1. The Balaban J connectivity index is 1.76. The topological polar surface area (TPSA) is 190 Å². The molecule has 0 saturated heterocycles. The van der Waals surface area contributed by atoms with Gasteiger partial charge < -0.3 is 35.3 Å². The third-order valence-corrected chi connectivity index (χ3v) is 7.72. The number of aliphatic imine (C=N–C) groups is 1. The van der Waals surface area contributed by atoms with Crippen LogP contribution in [0.15, 0.2) is 96.0 Å². The van der Waals surface area contributed by atoms with E-state index in [2.05, 4.69) is 10.3 Å². The molecule has 0 heterocycles. The lowest BCUT2D eigenvalue weighted by molar-refractivity contribution is -0.150. The van der Waals surface area contributed by atoms with Crippen LogP contribution in [0.2, 0.25) is 0 Å². The van der Waals surface area contributed by atoms with Gasteiger partial charge in [0.15, 0.2) is 0 Å². The van der Waals surface area contributed by atoms with Crippen LogP contribution in [0.5, 0.6) is 0 Å². The van der Waals surface area contributed by atoms with Crippen molar-refractivity contribution < 1.29 is 43.3 Å². The van der Waals surface area contributed by atoms with Crippen molar-refractivity contribution in [3.63, 3.8) is 0 Å². The highest BCUT2D eigenvalue weighted by Gasteiger charge is 2.32. The van der Waals surface area contributed by atoms with Crippen molar-refractivity contribution in [3.8, 4) is 0 Å². The molecule has 0 radical (unpaired) electrons. The predicted molar refractivity (Wildman–Crippen MR) is 188 cm³/mol. The van der Waals surface area contributed by atoms with Crippen LogP contribution >= 0.6 is 0 Å². The van der Waals surface area contributed by atoms with Crippen molar-refractivity contribution in [1.29, 1.82) is 0 Å². The summed E-state index contributed by atoms with van der Waals surface area (Å²) in [4.78, 5) is 70.1. The predicted octanol–water partition coefficient (Wildman–Crippen LogP) is 5.45. The smallest absolute Gasteiger partial charge is 0.437 e. The molecule has 51 heavy (non-hydrogen) atoms. The number of carboxylic acids is 1. The summed E-state index contributed by atoms with van der Waals surface area (Å²) in [5.74, 6) is -2.36. The van der Waals surface area contributed by atoms with Gasteiger partial charge in [-0.05, 0) is 36.0 Å². The average Bonchev–Trinajstić information content (AvgIpc) is 3.14. The zero-order valence-electron chi connectivity index (χ0n) is 28.8. The Morgan fingerprint density at radius 3 is 1.78 bits per heavy atom. The van der Waals surface area contributed by atoms with Crippen molar-refractivity contribution in [2.24, 2.45) is 10.7 Å². The van der Waals surface area contributed by atoms with Crippen LogP contribution in [-0.4, -0.2) is 76.7 Å². The van der Waals surface area contributed by atoms with E-state index in [-0.39, 0.29) is 45.6 Å². The van der Waals surface area contributed by atoms with Crippen LogP contribution in [0.4, 0.5) is 14.4 Å². The Morgan fingerprint density at radius 1 is 0.765 bits per heavy atom. The molecule has 4 N–H and O–H groups in total. The van der Waals surface area contributed by atoms with Gasteiger partial charge in [0, 0.05) is 13.6 Å². The van der Waals surface area contributed by atoms with E-state index in [4.69, 9.17) is 19.9 Å². The van der Waals surface area contributed by atoms with Crippen molar-refractivity contribution in [2.45, 2.75) is 70.9 Å². The van der Waals surface area contributed by atoms with Gasteiger partial charge in [0.05, 0.1) is 0 Å². The summed E-state index contributed by atoms with van der Waals surface area (Å²) < 4.78 is 16.0. The lowest BCUT2D eigenvalue weighted by atomic mass is 10.1. The second-order valence-corrected chi connectivity index (χ2v) is 11.5. The zero-order valence-corrected chi connectivity index (χ0v) is 28.8. The van der Waals surface area contributed by atoms with Gasteiger partial charge in [0.25, 0.3) is 0 Å². The second kappa shape index (κ2) is 21.2. The number of nitrogens with two attached hydrogens (primary N) is 1. The summed E-state index contributed by atoms with van der Waals surface area (Å²) in [5.41, 5.74) is 8.26. The summed E-state index contributed by atoms with van der Waals surface area (Å²) in [7, 11) is 1.36. The second-order valence-electron chi connectivity index (χ2n) is 11.5. The van der Waals surface area contributed by atoms with Gasteiger partial charge in [0.1, 0.15) is 31.9 Å². The molecule has 3 aromatic rings. The van der Waals surface area contributed by atoms with E-state index in [1.165, 1.54) is 7.05 Å². The van der Waals surface area contributed by atoms with Gasteiger partial charge in [0.2, 0.25) is 11.9 Å². The molecule has 14 nitrogen and oxygen atoms in total. The first-order valence-corrected chi connectivity index (χ1v) is 16.6. The normalized spacial score (nSPS) is 12.2. The number of hydrogen-bond donors (Lipinski definition) is 3. The van der Waals surface area contributed by atoms with Crippen LogP contribution in [0.1, 0.15) is 55.7 Å². The molecule has 0 aliphatic rings. The number of hydrogen-bond acceptors (Lipinski definition) is 8. The Bertz CT molecular complexity index is 1590. The third-order valence-electron chi connectivity index (χ3n) is 7.72. The molecular formula is C37H45N5O9. The minimum atomic E-state index is -1.24. The summed E-state index contributed by atoms with van der Waals surface area (Å²) in [6, 6.07) is 24.4. The van der Waals surface area contributed by atoms with Crippen LogP contribution in [0.3, 0.4) is 0 Å². The first kappa shape index (κ1) is 39.5. The number of carboxylic acid groups (broad SMARTS) is 1. The highest BCUT2D eigenvalue weighted by Crippen LogP contribution is 2.14. The van der Waals surface area contributed by atoms with Crippen LogP contribution < -0.4 is 11.1 Å². The van der Waals surface area contributed by atoms with Gasteiger partial charge in [-0.15, -0.1) is 4.99 Å². The number of guanidine groups is 1. The monoisotopic (exact) mass is 703 g/mol. The number of aliphatic carboxylic acids is 1. The van der Waals surface area contributed by atoms with Crippen molar-refractivity contribution >= 4 is 36.1 Å². The molecule has 0 aliphatic heterocycles. The fourth-order valence-electron chi connectivity index (χ4n) is 4.90. The molecule has 0 fully saturated rings. The Labute approximate surface area is 297 Å². The molecule has 0 aromatic heterocycles. The summed E-state index contributed by atoms with van der Waals surface area (Å²) in [5, 5.41) is 12.4. The molecule has 0 bridgehead atoms. The van der Waals surface area contributed by atoms with Crippen molar-refractivity contribution in [1.82, 2.24) is 15.1 Å². The number of benzene rings is 3. The molecule has 0 saturated carbocycles. The molecule has 3 aromatic carbocycles. The number of amides is 4. The van der Waals surface area contributed by atoms with E-state index in [9.17, 15) is 29.1 Å². The molecule has 0 spiro atoms. The van der Waals surface area contributed by atoms with Gasteiger partial charge in [-0.25, -0.2) is 24.1 Å². The quantitative estimate of drug-likeness (QED) is 0.0925. The lowest BCUT2D eigenvalue weighted by Crippen LogP contribution is -2.52. The van der Waals surface area contributed by atoms with E-state index in [0.717, 1.165) is 21.8 Å². The largest absolute Gasteiger partial charge is 0.480 e. The number of carbonyl (C=O) groups excluding carboxylic acids is 4. The summed E-state index contributed by atoms with van der Waals surface area (Å²) >= 11 is 0. The van der Waals surface area contributed by atoms with E-state index in [0.29, 0.717) is 17.5 Å². The third kappa shape index (κ3) is 13.8. The maximum absolute atomic E-state index is 13.7. The van der Waals surface area contributed by atoms with Crippen molar-refractivity contribution in [2.75, 3.05) is 13.6 Å². The molecule has 14 heteroatoms. The number of nitrogens with one attached hydrogen (secondary N) is 1. The fourth-order valence-corrected chi connectivity index (χ4v) is 4.90. The van der Waals surface area contributed by atoms with Crippen molar-refractivity contribution in [3.05, 3.63) is 108 Å². The molecule has 0 unspecified atom stereocenters. The fraction of sp³-hybridized carbons (Fsp3) is 0.351. The Hall–Kier alpha value is -5.92. The maximum Gasteiger partial charge on any atom is 0.437 e. The standard InChI is InChI=1S/C37H45N5O9/c1-3-4-22-31(33(44)45)41(2)32(43)30(39-35(46)49-24-27-15-8-5-9-16-27)21-14-23-42(37(48)51-26-29-19-12-7-13-20-29)34(38)40-36(47)50-25-28-17-10-6-11-18-28/h5-13,15-20,30-31H,3-4,14,21-26H2,1-2H3,(H,39,46)(H,44,45)(H2,38,40,47)/t30-,31-/m0/s1. The number of ether oxygens (including phenoxy) is 3. The molecule has 272 valence electrons. The summed E-state index contributed by atoms with van der Waals surface area (Å²) in [6.07, 6.45) is -1.39. The number of nitrogens with zero attached hydrogens (tertiary/aromatic N) is 3. The first-order valence-electron chi connectivity index (χ1n) is 16.6. The average molecular weight is 704 g/mol. The molecule has 4 amide bonds. The molecule has 3 rings (SSSR count). The summed E-state index contributed by atoms with van der Waals surface area (Å²) in [6.45, 7) is 1.47. The van der Waals surface area contributed by atoms with E-state index in [1.807, 2.05) is 25.1 Å². The van der Waals surface area contributed by atoms with E-state index >= 15 is 0 Å². The Morgan fingerprint density at radius 2 is 1.27 bits per heavy atom. The highest BCUT2D eigenvalue weighted by atomic mass is 16.6. The van der Waals surface area contributed by atoms with Crippen LogP contribution in [-0.2, 0) is 43.6 Å². The number of unbranched alkanes of at least 4 members (excludes halogenated alkanes) is 1. The molecular weight excluding hydrogens is 658 g/mol. The van der Waals surface area contributed by atoms with Gasteiger partial charge >= 0.3 is 24.2 Å². The zero-order chi connectivity index (χ0) is 37.0. The molecule has 2 atom stereocenters. The van der Waals surface area contributed by atoms with Gasteiger partial charge in [-0.1, -0.05) is 111 Å². The van der Waals surface area contributed by atoms with E-state index < -0.39 is 48.2 Å². The number of rotatable bonds is 17. The molecule has 0 aliphatic carbocycles. The number of likely N-dealkylation sites (N-methyl/N-ethyl adjacent to an activating group) is 1. The maximum atomic E-state index is 13.7. The van der Waals surface area contributed by atoms with Gasteiger partial charge in [-0.2, -0.15) is 0 Å². The Kier molecular flexibility index (Phi) is 16.4. The van der Waals surface area contributed by atoms with Crippen LogP contribution in [0.25, 0.3) is 0 Å². The first-order chi connectivity index (χ1) is 24.6. The number of alkyl carbamates (subject to hydrolysis) is 1. The minimum Gasteiger partial charge on any atom is -0.480 e. The number of carbonyl (C=O) groups is 5. The van der Waals surface area contributed by atoms with Gasteiger partial charge in [-0.3, -0.25) is 4.79 Å². The van der Waals surface area contributed by atoms with E-state index in [1.54, 1.807) is 72.8 Å². The van der Waals surface area contributed by atoms with Crippen LogP contribution in [0, 0.1) is 0 Å². The lowest BCUT2D eigenvalue weighted by Gasteiger charge is -2.29. The minimum absolute atomic E-state index is 0.0334. The highest BCUT2D eigenvalue weighted by molar-refractivity contribution is 5.98.